The van der Waals surface area contributed by atoms with Crippen LogP contribution in [-0.4, -0.2) is 50.2 Å². The molecule has 0 aromatic rings. The van der Waals surface area contributed by atoms with Crippen LogP contribution in [0, 0.1) is 5.92 Å². The van der Waals surface area contributed by atoms with E-state index in [1.807, 2.05) is 14.0 Å². The van der Waals surface area contributed by atoms with Gasteiger partial charge in [0, 0.05) is 6.54 Å². The normalized spacial score (nSPS) is 23.9. The van der Waals surface area contributed by atoms with Crippen LogP contribution in [0.15, 0.2) is 0 Å². The third-order valence-electron chi connectivity index (χ3n) is 4.10. The van der Waals surface area contributed by atoms with Crippen LogP contribution in [0.5, 0.6) is 0 Å². The molecule has 1 aliphatic rings. The van der Waals surface area contributed by atoms with Crippen LogP contribution in [0.1, 0.15) is 39.5 Å². The summed E-state index contributed by atoms with van der Waals surface area (Å²) in [6, 6.07) is 0. The lowest BCUT2D eigenvalue weighted by molar-refractivity contribution is -0.148. The summed E-state index contributed by atoms with van der Waals surface area (Å²) in [5, 5.41) is 3.08. The van der Waals surface area contributed by atoms with Gasteiger partial charge in [0.25, 0.3) is 0 Å². The fourth-order valence-corrected chi connectivity index (χ4v) is 2.60. The minimum absolute atomic E-state index is 0.167. The number of likely N-dealkylation sites (N-methyl/N-ethyl adjacent to an activating group) is 1. The van der Waals surface area contributed by atoms with Crippen molar-refractivity contribution in [1.29, 1.82) is 0 Å². The molecule has 0 aromatic carbocycles. The maximum Gasteiger partial charge on any atom is 0.325 e. The Balaban J connectivity index is 2.21. The first-order valence-corrected chi connectivity index (χ1v) is 7.01. The van der Waals surface area contributed by atoms with E-state index in [0.29, 0.717) is 0 Å². The molecule has 4 heteroatoms. The number of hydrogen-bond donors (Lipinski definition) is 1. The first kappa shape index (κ1) is 15.4. The van der Waals surface area contributed by atoms with Crippen molar-refractivity contribution in [2.75, 3.05) is 33.8 Å². The number of methoxy groups -OCH3 is 1. The van der Waals surface area contributed by atoms with Gasteiger partial charge in [-0.2, -0.15) is 0 Å². The topological polar surface area (TPSA) is 41.6 Å². The molecule has 1 rings (SSSR count). The lowest BCUT2D eigenvalue weighted by atomic mass is 9.95. The second-order valence-electron chi connectivity index (χ2n) is 5.73. The highest BCUT2D eigenvalue weighted by Crippen LogP contribution is 2.18. The Bertz CT molecular complexity index is 271. The number of carbonyl (C=O) groups is 1. The summed E-state index contributed by atoms with van der Waals surface area (Å²) >= 11 is 0. The standard InChI is InChI=1S/C14H28N2O2/c1-12-7-10-16(11-12)9-6-5-8-14(2,15-3)13(17)18-4/h12,15H,5-11H2,1-4H3. The van der Waals surface area contributed by atoms with Crippen molar-refractivity contribution in [3.63, 3.8) is 0 Å². The van der Waals surface area contributed by atoms with Gasteiger partial charge in [-0.15, -0.1) is 0 Å². The Morgan fingerprint density at radius 3 is 2.72 bits per heavy atom. The second kappa shape index (κ2) is 7.10. The summed E-state index contributed by atoms with van der Waals surface area (Å²) in [6.07, 6.45) is 4.37. The predicted molar refractivity (Wildman–Crippen MR) is 73.6 cm³/mol. The smallest absolute Gasteiger partial charge is 0.325 e. The average molecular weight is 256 g/mol. The lowest BCUT2D eigenvalue weighted by Gasteiger charge is -2.26. The third kappa shape index (κ3) is 4.25. The van der Waals surface area contributed by atoms with E-state index in [9.17, 15) is 4.79 Å². The summed E-state index contributed by atoms with van der Waals surface area (Å²) in [5.74, 6) is 0.683. The molecule has 2 atom stereocenters. The lowest BCUT2D eigenvalue weighted by Crippen LogP contribution is -2.48. The Kier molecular flexibility index (Phi) is 6.09. The zero-order chi connectivity index (χ0) is 13.6. The van der Waals surface area contributed by atoms with E-state index >= 15 is 0 Å². The van der Waals surface area contributed by atoms with Crippen molar-refractivity contribution in [3.05, 3.63) is 0 Å². The summed E-state index contributed by atoms with van der Waals surface area (Å²) < 4.78 is 4.84. The van der Waals surface area contributed by atoms with Crippen LogP contribution < -0.4 is 5.32 Å². The zero-order valence-electron chi connectivity index (χ0n) is 12.3. The predicted octanol–water partition coefficient (Wildman–Crippen LogP) is 1.65. The molecule has 2 unspecified atom stereocenters. The van der Waals surface area contributed by atoms with Gasteiger partial charge < -0.3 is 15.0 Å². The molecule has 1 fully saturated rings. The number of nitrogens with zero attached hydrogens (tertiary/aromatic N) is 1. The van der Waals surface area contributed by atoms with Gasteiger partial charge in [0.2, 0.25) is 0 Å². The maximum atomic E-state index is 11.7. The van der Waals surface area contributed by atoms with Gasteiger partial charge in [0.15, 0.2) is 0 Å². The minimum atomic E-state index is -0.535. The van der Waals surface area contributed by atoms with E-state index < -0.39 is 5.54 Å². The molecule has 1 aliphatic heterocycles. The number of ether oxygens (including phenoxy) is 1. The quantitative estimate of drug-likeness (QED) is 0.555. The molecule has 0 aromatic heterocycles. The molecule has 1 saturated heterocycles. The van der Waals surface area contributed by atoms with Crippen LogP contribution in [0.25, 0.3) is 0 Å². The Labute approximate surface area is 111 Å². The maximum absolute atomic E-state index is 11.7. The molecular weight excluding hydrogens is 228 g/mol. The molecule has 1 N–H and O–H groups in total. The van der Waals surface area contributed by atoms with Gasteiger partial charge in [-0.25, -0.2) is 0 Å². The van der Waals surface area contributed by atoms with E-state index in [4.69, 9.17) is 4.74 Å². The molecule has 0 amide bonds. The fraction of sp³-hybridized carbons (Fsp3) is 0.929. The summed E-state index contributed by atoms with van der Waals surface area (Å²) in [6.45, 7) is 7.86. The second-order valence-corrected chi connectivity index (χ2v) is 5.73. The molecule has 106 valence electrons. The highest BCUT2D eigenvalue weighted by molar-refractivity contribution is 5.80. The average Bonchev–Trinajstić information content (AvgIpc) is 2.79. The van der Waals surface area contributed by atoms with Crippen molar-refractivity contribution in [3.8, 4) is 0 Å². The monoisotopic (exact) mass is 256 g/mol. The van der Waals surface area contributed by atoms with E-state index in [2.05, 4.69) is 17.1 Å². The zero-order valence-corrected chi connectivity index (χ0v) is 12.3. The summed E-state index contributed by atoms with van der Waals surface area (Å²) in [4.78, 5) is 14.2. The summed E-state index contributed by atoms with van der Waals surface area (Å²) in [5.41, 5.74) is -0.535. The van der Waals surface area contributed by atoms with Gasteiger partial charge in [-0.05, 0) is 58.7 Å². The molecular formula is C14H28N2O2. The van der Waals surface area contributed by atoms with Crippen LogP contribution in [-0.2, 0) is 9.53 Å². The number of unbranched alkanes of at least 4 members (excludes halogenated alkanes) is 1. The van der Waals surface area contributed by atoms with Gasteiger partial charge in [0.05, 0.1) is 7.11 Å². The van der Waals surface area contributed by atoms with Crippen molar-refractivity contribution in [1.82, 2.24) is 10.2 Å². The number of carbonyl (C=O) groups excluding carboxylic acids is 1. The number of hydrogen-bond acceptors (Lipinski definition) is 4. The van der Waals surface area contributed by atoms with E-state index in [0.717, 1.165) is 31.7 Å². The molecule has 18 heavy (non-hydrogen) atoms. The molecule has 4 nitrogen and oxygen atoms in total. The molecule has 1 heterocycles. The number of likely N-dealkylation sites (tertiary alicyclic amines) is 1. The Morgan fingerprint density at radius 1 is 1.50 bits per heavy atom. The third-order valence-corrected chi connectivity index (χ3v) is 4.10. The Morgan fingerprint density at radius 2 is 2.22 bits per heavy atom. The Hall–Kier alpha value is -0.610. The molecule has 0 radical (unpaired) electrons. The highest BCUT2D eigenvalue weighted by atomic mass is 16.5. The number of esters is 1. The molecule has 0 saturated carbocycles. The van der Waals surface area contributed by atoms with Crippen molar-refractivity contribution in [2.24, 2.45) is 5.92 Å². The fourth-order valence-electron chi connectivity index (χ4n) is 2.60. The van der Waals surface area contributed by atoms with Crippen LogP contribution >= 0.6 is 0 Å². The molecule has 0 aliphatic carbocycles. The number of rotatable bonds is 7. The van der Waals surface area contributed by atoms with Gasteiger partial charge in [0.1, 0.15) is 5.54 Å². The minimum Gasteiger partial charge on any atom is -0.468 e. The molecule has 0 spiro atoms. The van der Waals surface area contributed by atoms with Crippen molar-refractivity contribution < 1.29 is 9.53 Å². The van der Waals surface area contributed by atoms with Crippen molar-refractivity contribution >= 4 is 5.97 Å². The van der Waals surface area contributed by atoms with Crippen LogP contribution in [0.2, 0.25) is 0 Å². The molecule has 0 bridgehead atoms. The highest BCUT2D eigenvalue weighted by Gasteiger charge is 2.31. The van der Waals surface area contributed by atoms with Crippen LogP contribution in [0.4, 0.5) is 0 Å². The summed E-state index contributed by atoms with van der Waals surface area (Å²) in [7, 11) is 3.27. The largest absolute Gasteiger partial charge is 0.468 e. The number of nitrogens with one attached hydrogen (secondary N) is 1. The van der Waals surface area contributed by atoms with E-state index in [1.54, 1.807) is 0 Å². The van der Waals surface area contributed by atoms with E-state index in [1.165, 1.54) is 26.6 Å². The first-order valence-electron chi connectivity index (χ1n) is 7.01. The van der Waals surface area contributed by atoms with Gasteiger partial charge in [-0.1, -0.05) is 6.92 Å². The van der Waals surface area contributed by atoms with Gasteiger partial charge in [-0.3, -0.25) is 4.79 Å². The van der Waals surface area contributed by atoms with Crippen LogP contribution in [0.3, 0.4) is 0 Å². The first-order chi connectivity index (χ1) is 8.51. The van der Waals surface area contributed by atoms with Gasteiger partial charge >= 0.3 is 5.97 Å². The van der Waals surface area contributed by atoms with E-state index in [-0.39, 0.29) is 5.97 Å². The van der Waals surface area contributed by atoms with Crippen molar-refractivity contribution in [2.45, 2.75) is 45.1 Å². The SMILES string of the molecule is CNC(C)(CCCCN1CCC(C)C1)C(=O)OC.